The van der Waals surface area contributed by atoms with Gasteiger partial charge >= 0.3 is 5.97 Å². The highest BCUT2D eigenvalue weighted by Gasteiger charge is 1.96. The maximum Gasteiger partial charge on any atom is 0.319 e. The summed E-state index contributed by atoms with van der Waals surface area (Å²) in [4.78, 5) is 20.0. The highest BCUT2D eigenvalue weighted by atomic mass is 16.5. The Balaban J connectivity index is 3.01. The summed E-state index contributed by atoms with van der Waals surface area (Å²) in [7, 11) is 0. The molecule has 5 nitrogen and oxygen atoms in total. The van der Waals surface area contributed by atoms with Gasteiger partial charge in [0.05, 0.1) is 19.8 Å². The van der Waals surface area contributed by atoms with Crippen molar-refractivity contribution < 1.29 is 19.1 Å². The number of hydrogen-bond donors (Lipinski definition) is 1. The Morgan fingerprint density at radius 2 is 2.18 bits per heavy atom. The molecule has 0 atom stereocenters. The number of rotatable bonds is 6. The van der Waals surface area contributed by atoms with Crippen LogP contribution < -0.4 is 5.73 Å². The van der Waals surface area contributed by atoms with Crippen LogP contribution in [0, 0.1) is 0 Å². The van der Waals surface area contributed by atoms with E-state index in [0.29, 0.717) is 12.9 Å². The summed E-state index contributed by atoms with van der Waals surface area (Å²) in [5.41, 5.74) is 4.95. The van der Waals surface area contributed by atoms with Gasteiger partial charge in [0.15, 0.2) is 0 Å². The van der Waals surface area contributed by atoms with Crippen molar-refractivity contribution in [3.05, 3.63) is 0 Å². The van der Waals surface area contributed by atoms with E-state index in [1.165, 1.54) is 0 Å². The maximum absolute atomic E-state index is 10.4. The van der Waals surface area contributed by atoms with Crippen LogP contribution in [-0.2, 0) is 19.1 Å². The summed E-state index contributed by atoms with van der Waals surface area (Å²) in [6, 6.07) is 0. The predicted molar refractivity (Wildman–Crippen MR) is 36.6 cm³/mol. The van der Waals surface area contributed by atoms with Gasteiger partial charge < -0.3 is 15.2 Å². The molecule has 0 aliphatic heterocycles. The Morgan fingerprint density at radius 3 is 2.73 bits per heavy atom. The van der Waals surface area contributed by atoms with Crippen molar-refractivity contribution in [3.8, 4) is 0 Å². The second-order valence-electron chi connectivity index (χ2n) is 1.75. The van der Waals surface area contributed by atoms with E-state index in [4.69, 9.17) is 5.73 Å². The quantitative estimate of drug-likeness (QED) is 0.309. The van der Waals surface area contributed by atoms with E-state index >= 15 is 0 Å². The van der Waals surface area contributed by atoms with Crippen molar-refractivity contribution in [3.63, 3.8) is 0 Å². The molecule has 0 aliphatic rings. The molecule has 0 aliphatic carbocycles. The van der Waals surface area contributed by atoms with Crippen molar-refractivity contribution in [2.45, 2.75) is 6.42 Å². The summed E-state index contributed by atoms with van der Waals surface area (Å²) < 4.78 is 8.92. The molecular weight excluding hydrogens is 150 g/mol. The van der Waals surface area contributed by atoms with Gasteiger partial charge in [0.1, 0.15) is 0 Å². The highest BCUT2D eigenvalue weighted by Crippen LogP contribution is 1.83. The van der Waals surface area contributed by atoms with Crippen LogP contribution in [0.1, 0.15) is 6.42 Å². The van der Waals surface area contributed by atoms with Gasteiger partial charge in [-0.25, -0.2) is 0 Å². The molecule has 0 fully saturated rings. The number of carbonyl (C=O) groups excluding carboxylic acids is 2. The summed E-state index contributed by atoms with van der Waals surface area (Å²) in [6.45, 7) is 0.741. The summed E-state index contributed by atoms with van der Waals surface area (Å²) in [5, 5.41) is 0. The van der Waals surface area contributed by atoms with E-state index in [1.54, 1.807) is 0 Å². The zero-order valence-corrected chi connectivity index (χ0v) is 6.12. The molecule has 0 heterocycles. The van der Waals surface area contributed by atoms with E-state index in [1.807, 2.05) is 0 Å². The van der Waals surface area contributed by atoms with Crippen molar-refractivity contribution in [2.75, 3.05) is 19.8 Å². The fourth-order valence-corrected chi connectivity index (χ4v) is 0.435. The first-order valence-corrected chi connectivity index (χ1v) is 3.22. The van der Waals surface area contributed by atoms with Gasteiger partial charge in [-0.3, -0.25) is 9.59 Å². The fraction of sp³-hybridized carbons (Fsp3) is 0.667. The van der Waals surface area contributed by atoms with Crippen molar-refractivity contribution in [2.24, 2.45) is 5.73 Å². The SMILES string of the molecule is NCC(=O)OCCCOC=O. The molecule has 0 bridgehead atoms. The minimum atomic E-state index is -0.448. The summed E-state index contributed by atoms with van der Waals surface area (Å²) in [6.07, 6.45) is 0.504. The van der Waals surface area contributed by atoms with E-state index in [-0.39, 0.29) is 19.8 Å². The molecule has 0 rings (SSSR count). The number of carbonyl (C=O) groups is 2. The van der Waals surface area contributed by atoms with Gasteiger partial charge in [-0.1, -0.05) is 0 Å². The van der Waals surface area contributed by atoms with Gasteiger partial charge in [0.2, 0.25) is 0 Å². The van der Waals surface area contributed by atoms with Gasteiger partial charge in [-0.2, -0.15) is 0 Å². The molecule has 5 heteroatoms. The zero-order chi connectivity index (χ0) is 8.53. The number of hydrogen-bond acceptors (Lipinski definition) is 5. The van der Waals surface area contributed by atoms with E-state index in [0.717, 1.165) is 0 Å². The third-order valence-electron chi connectivity index (χ3n) is 0.904. The Kier molecular flexibility index (Phi) is 6.31. The molecule has 64 valence electrons. The van der Waals surface area contributed by atoms with Crippen LogP contribution in [0.5, 0.6) is 0 Å². The molecule has 0 amide bonds. The van der Waals surface area contributed by atoms with E-state index < -0.39 is 5.97 Å². The van der Waals surface area contributed by atoms with Crippen LogP contribution in [0.3, 0.4) is 0 Å². The lowest BCUT2D eigenvalue weighted by molar-refractivity contribution is -0.142. The van der Waals surface area contributed by atoms with Crippen molar-refractivity contribution in [1.29, 1.82) is 0 Å². The van der Waals surface area contributed by atoms with E-state index in [2.05, 4.69) is 9.47 Å². The first kappa shape index (κ1) is 9.90. The van der Waals surface area contributed by atoms with Crippen LogP contribution in [0.2, 0.25) is 0 Å². The zero-order valence-electron chi connectivity index (χ0n) is 6.12. The minimum Gasteiger partial charge on any atom is -0.468 e. The molecule has 0 aromatic heterocycles. The minimum absolute atomic E-state index is 0.117. The fourth-order valence-electron chi connectivity index (χ4n) is 0.435. The third-order valence-corrected chi connectivity index (χ3v) is 0.904. The lowest BCUT2D eigenvalue weighted by Crippen LogP contribution is -2.17. The van der Waals surface area contributed by atoms with Gasteiger partial charge in [-0.05, 0) is 0 Å². The predicted octanol–water partition coefficient (Wildman–Crippen LogP) is -0.949. The van der Waals surface area contributed by atoms with Gasteiger partial charge in [0.25, 0.3) is 6.47 Å². The van der Waals surface area contributed by atoms with Gasteiger partial charge in [0, 0.05) is 6.42 Å². The Bertz CT molecular complexity index is 126. The third kappa shape index (κ3) is 6.79. The summed E-state index contributed by atoms with van der Waals surface area (Å²) in [5.74, 6) is -0.448. The Labute approximate surface area is 64.5 Å². The molecule has 2 N–H and O–H groups in total. The summed E-state index contributed by atoms with van der Waals surface area (Å²) >= 11 is 0. The molecule has 0 unspecified atom stereocenters. The van der Waals surface area contributed by atoms with Crippen LogP contribution in [-0.4, -0.2) is 32.2 Å². The number of ether oxygens (including phenoxy) is 2. The average molecular weight is 161 g/mol. The maximum atomic E-state index is 10.4. The van der Waals surface area contributed by atoms with Crippen LogP contribution in [0.25, 0.3) is 0 Å². The lowest BCUT2D eigenvalue weighted by atomic mass is 10.5. The molecule has 0 aromatic rings. The molecule has 0 aromatic carbocycles. The van der Waals surface area contributed by atoms with Crippen LogP contribution in [0.15, 0.2) is 0 Å². The monoisotopic (exact) mass is 161 g/mol. The second-order valence-corrected chi connectivity index (χ2v) is 1.75. The lowest BCUT2D eigenvalue weighted by Gasteiger charge is -2.01. The normalized spacial score (nSPS) is 8.82. The molecule has 0 saturated carbocycles. The number of esters is 1. The first-order chi connectivity index (χ1) is 5.31. The number of nitrogens with two attached hydrogens (primary N) is 1. The topological polar surface area (TPSA) is 78.6 Å². The van der Waals surface area contributed by atoms with Crippen molar-refractivity contribution in [1.82, 2.24) is 0 Å². The highest BCUT2D eigenvalue weighted by molar-refractivity contribution is 5.71. The molecule has 11 heavy (non-hydrogen) atoms. The Hall–Kier alpha value is -1.10. The van der Waals surface area contributed by atoms with Gasteiger partial charge in [-0.15, -0.1) is 0 Å². The largest absolute Gasteiger partial charge is 0.468 e. The first-order valence-electron chi connectivity index (χ1n) is 3.22. The molecule has 0 saturated heterocycles. The Morgan fingerprint density at radius 1 is 1.45 bits per heavy atom. The van der Waals surface area contributed by atoms with Crippen LogP contribution >= 0.6 is 0 Å². The van der Waals surface area contributed by atoms with Crippen LogP contribution in [0.4, 0.5) is 0 Å². The standard InChI is InChI=1S/C6H11NO4/c7-4-6(9)11-3-1-2-10-5-8/h5H,1-4,7H2. The second kappa shape index (κ2) is 7.01. The van der Waals surface area contributed by atoms with E-state index in [9.17, 15) is 9.59 Å². The molecular formula is C6H11NO4. The molecule has 0 radical (unpaired) electrons. The molecule has 0 spiro atoms. The average Bonchev–Trinajstić information content (AvgIpc) is 2.04. The smallest absolute Gasteiger partial charge is 0.319 e. The van der Waals surface area contributed by atoms with Crippen molar-refractivity contribution >= 4 is 12.4 Å².